The van der Waals surface area contributed by atoms with E-state index in [2.05, 4.69) is 44.9 Å². The SMILES string of the molecule is O=[SH+](C[NH2+]C1=CN=CCC1)c1ccc(-c2ccc3c(c2)CC[C@H](CNC[C@H](O)c2cccnc2)O3)cc1. The summed E-state index contributed by atoms with van der Waals surface area (Å²) < 4.78 is 19.0. The van der Waals surface area contributed by atoms with Crippen molar-refractivity contribution >= 4 is 17.0 Å². The molecule has 1 aromatic heterocycles. The molecule has 0 saturated heterocycles. The number of hydrogen-bond acceptors (Lipinski definition) is 6. The molecule has 5 rings (SSSR count). The lowest BCUT2D eigenvalue weighted by atomic mass is 9.97. The van der Waals surface area contributed by atoms with Crippen LogP contribution in [0.1, 0.15) is 36.5 Å². The van der Waals surface area contributed by atoms with Crippen LogP contribution in [0.5, 0.6) is 5.75 Å². The van der Waals surface area contributed by atoms with Gasteiger partial charge in [0.1, 0.15) is 17.6 Å². The highest BCUT2D eigenvalue weighted by molar-refractivity contribution is 7.84. The molecule has 4 N–H and O–H groups in total. The predicted octanol–water partition coefficient (Wildman–Crippen LogP) is 3.05. The molecule has 2 aliphatic heterocycles. The Kier molecular flexibility index (Phi) is 8.53. The Labute approximate surface area is 220 Å². The van der Waals surface area contributed by atoms with Crippen LogP contribution in [0.25, 0.3) is 11.1 Å². The van der Waals surface area contributed by atoms with Crippen molar-refractivity contribution in [1.82, 2.24) is 10.3 Å². The van der Waals surface area contributed by atoms with E-state index in [4.69, 9.17) is 4.74 Å². The van der Waals surface area contributed by atoms with Crippen LogP contribution in [-0.4, -0.2) is 41.4 Å². The fourth-order valence-electron chi connectivity index (χ4n) is 4.64. The zero-order valence-corrected chi connectivity index (χ0v) is 21.7. The number of hydrogen-bond donors (Lipinski definition) is 3. The average Bonchev–Trinajstić information content (AvgIpc) is 2.96. The number of aromatic nitrogens is 1. The van der Waals surface area contributed by atoms with Gasteiger partial charge in [0.2, 0.25) is 5.88 Å². The minimum atomic E-state index is -1.46. The van der Waals surface area contributed by atoms with Gasteiger partial charge in [-0.25, -0.2) is 0 Å². The Morgan fingerprint density at radius 3 is 2.78 bits per heavy atom. The molecule has 8 heteroatoms. The number of ether oxygens (including phenoxy) is 1. The lowest BCUT2D eigenvalue weighted by molar-refractivity contribution is -0.589. The van der Waals surface area contributed by atoms with E-state index in [9.17, 15) is 9.32 Å². The maximum atomic E-state index is 12.8. The lowest BCUT2D eigenvalue weighted by Gasteiger charge is -2.27. The normalized spacial score (nSPS) is 18.4. The molecule has 0 bridgehead atoms. The highest BCUT2D eigenvalue weighted by Crippen LogP contribution is 2.32. The first-order valence-electron chi connectivity index (χ1n) is 12.8. The van der Waals surface area contributed by atoms with Gasteiger partial charge in [0, 0.05) is 43.7 Å². The molecule has 3 atom stereocenters. The van der Waals surface area contributed by atoms with Crippen molar-refractivity contribution in [3.8, 4) is 16.9 Å². The molecular weight excluding hydrogens is 484 g/mol. The van der Waals surface area contributed by atoms with Gasteiger partial charge in [-0.2, -0.15) is 0 Å². The third-order valence-electron chi connectivity index (χ3n) is 6.78. The molecule has 0 radical (unpaired) electrons. The molecule has 0 fully saturated rings. The number of quaternary nitrogens is 1. The zero-order chi connectivity index (χ0) is 25.5. The van der Waals surface area contributed by atoms with Crippen LogP contribution in [0.3, 0.4) is 0 Å². The van der Waals surface area contributed by atoms with Crippen LogP contribution >= 0.6 is 0 Å². The van der Waals surface area contributed by atoms with Crippen LogP contribution in [0.4, 0.5) is 0 Å². The molecule has 0 amide bonds. The molecule has 3 heterocycles. The Bertz CT molecular complexity index is 1280. The molecular formula is C29H34N4O3S+2. The quantitative estimate of drug-likeness (QED) is 0.283. The summed E-state index contributed by atoms with van der Waals surface area (Å²) in [6.07, 6.45) is 10.4. The highest BCUT2D eigenvalue weighted by atomic mass is 32.2. The Morgan fingerprint density at radius 1 is 1.14 bits per heavy atom. The van der Waals surface area contributed by atoms with Gasteiger partial charge >= 0.3 is 0 Å². The first-order chi connectivity index (χ1) is 18.2. The molecule has 7 nitrogen and oxygen atoms in total. The second kappa shape index (κ2) is 12.4. The fourth-order valence-corrected chi connectivity index (χ4v) is 5.73. The fraction of sp³-hybridized carbons (Fsp3) is 0.310. The van der Waals surface area contributed by atoms with Gasteiger partial charge in [0.15, 0.2) is 15.7 Å². The molecule has 0 aliphatic carbocycles. The van der Waals surface area contributed by atoms with E-state index >= 15 is 0 Å². The van der Waals surface area contributed by atoms with E-state index in [1.165, 1.54) is 11.3 Å². The molecule has 2 aliphatic rings. The number of allylic oxidation sites excluding steroid dienone is 1. The molecule has 192 valence electrons. The van der Waals surface area contributed by atoms with Crippen molar-refractivity contribution < 1.29 is 19.4 Å². The number of aliphatic hydroxyl groups excluding tert-OH is 1. The van der Waals surface area contributed by atoms with Crippen LogP contribution in [0.15, 0.2) is 88.8 Å². The van der Waals surface area contributed by atoms with Crippen LogP contribution in [-0.2, 0) is 21.4 Å². The molecule has 2 aromatic carbocycles. The topological polar surface area (TPSA) is 100 Å². The summed E-state index contributed by atoms with van der Waals surface area (Å²) in [4.78, 5) is 9.12. The second-order valence-electron chi connectivity index (χ2n) is 9.45. The van der Waals surface area contributed by atoms with E-state index in [1.54, 1.807) is 12.4 Å². The summed E-state index contributed by atoms with van der Waals surface area (Å²) in [6.45, 7) is 1.14. The van der Waals surface area contributed by atoms with Gasteiger partial charge in [0.05, 0.1) is 12.3 Å². The van der Waals surface area contributed by atoms with Gasteiger partial charge in [-0.15, -0.1) is 0 Å². The molecule has 3 aromatic rings. The van der Waals surface area contributed by atoms with Crippen molar-refractivity contribution in [1.29, 1.82) is 0 Å². The van der Waals surface area contributed by atoms with E-state index in [-0.39, 0.29) is 6.10 Å². The maximum Gasteiger partial charge on any atom is 0.240 e. The van der Waals surface area contributed by atoms with E-state index in [1.807, 2.05) is 42.7 Å². The Hall–Kier alpha value is -3.17. The number of aliphatic hydroxyl groups is 1. The number of pyridine rings is 1. The van der Waals surface area contributed by atoms with Gasteiger partial charge in [-0.3, -0.25) is 15.3 Å². The van der Waals surface area contributed by atoms with Gasteiger partial charge in [-0.1, -0.05) is 16.3 Å². The van der Waals surface area contributed by atoms with Crippen LogP contribution in [0.2, 0.25) is 0 Å². The molecule has 0 saturated carbocycles. The van der Waals surface area contributed by atoms with Crippen molar-refractivity contribution in [3.63, 3.8) is 0 Å². The second-order valence-corrected chi connectivity index (χ2v) is 11.1. The summed E-state index contributed by atoms with van der Waals surface area (Å²) in [5, 5.41) is 15.7. The number of aliphatic imine (C=N–C) groups is 1. The minimum Gasteiger partial charge on any atom is -0.489 e. The van der Waals surface area contributed by atoms with Gasteiger partial charge in [0.25, 0.3) is 0 Å². The van der Waals surface area contributed by atoms with E-state index in [0.717, 1.165) is 53.0 Å². The van der Waals surface area contributed by atoms with Crippen LogP contribution in [0, 0.1) is 0 Å². The summed E-state index contributed by atoms with van der Waals surface area (Å²) in [6, 6.07) is 18.1. The van der Waals surface area contributed by atoms with Crippen molar-refractivity contribution in [2.75, 3.05) is 19.0 Å². The largest absolute Gasteiger partial charge is 0.489 e. The number of nitrogens with one attached hydrogen (secondary N) is 1. The lowest BCUT2D eigenvalue weighted by Crippen LogP contribution is -2.83. The zero-order valence-electron chi connectivity index (χ0n) is 20.8. The van der Waals surface area contributed by atoms with E-state index < -0.39 is 16.9 Å². The predicted molar refractivity (Wildman–Crippen MR) is 147 cm³/mol. The number of thiol groups is 1. The smallest absolute Gasteiger partial charge is 0.240 e. The Morgan fingerprint density at radius 2 is 2.00 bits per heavy atom. The first kappa shape index (κ1) is 25.5. The molecule has 0 spiro atoms. The average molecular weight is 519 g/mol. The number of nitrogens with two attached hydrogens (primary N) is 1. The number of aryl methyl sites for hydroxylation is 1. The minimum absolute atomic E-state index is 0.0722. The summed E-state index contributed by atoms with van der Waals surface area (Å²) in [5.41, 5.74) is 5.42. The number of fused-ring (bicyclic) bond motifs is 1. The summed E-state index contributed by atoms with van der Waals surface area (Å²) in [5.74, 6) is 1.47. The number of rotatable bonds is 10. The monoisotopic (exact) mass is 518 g/mol. The summed E-state index contributed by atoms with van der Waals surface area (Å²) >= 11 is 0. The highest BCUT2D eigenvalue weighted by Gasteiger charge is 2.21. The third kappa shape index (κ3) is 6.78. The summed E-state index contributed by atoms with van der Waals surface area (Å²) in [7, 11) is -1.46. The van der Waals surface area contributed by atoms with Crippen LogP contribution < -0.4 is 15.4 Å². The maximum absolute atomic E-state index is 12.8. The molecule has 1 unspecified atom stereocenters. The van der Waals surface area contributed by atoms with Gasteiger partial charge in [-0.05, 0) is 78.4 Å². The van der Waals surface area contributed by atoms with Gasteiger partial charge < -0.3 is 15.2 Å². The third-order valence-corrected chi connectivity index (χ3v) is 8.17. The molecule has 37 heavy (non-hydrogen) atoms. The van der Waals surface area contributed by atoms with Crippen molar-refractivity contribution in [3.05, 3.63) is 90.0 Å². The first-order valence-corrected chi connectivity index (χ1v) is 14.3. The Balaban J connectivity index is 1.13. The number of nitrogens with zero attached hydrogens (tertiary/aromatic N) is 2. The standard InChI is InChI=1S/C29H32N4O3S/c34-28(24-3-1-13-30-16-24)19-32-18-26-9-5-23-15-22(8-12-29(23)36-26)21-6-10-27(11-7-21)37(35)20-33-25-4-2-14-31-17-25/h1,3,6-8,10-17,26,28,32-34H,2,4-5,9,18-20H2/p+2/t26-,28+,37?/m1/s1. The number of benzene rings is 2. The van der Waals surface area contributed by atoms with Crippen molar-refractivity contribution in [2.24, 2.45) is 4.99 Å². The van der Waals surface area contributed by atoms with E-state index in [0.29, 0.717) is 19.0 Å². The van der Waals surface area contributed by atoms with Crippen molar-refractivity contribution in [2.45, 2.75) is 42.8 Å².